The average Bonchev–Trinajstić information content (AvgIpc) is 3.36. The summed E-state index contributed by atoms with van der Waals surface area (Å²) in [6.07, 6.45) is -12.2. The number of alkyl halides is 6. The van der Waals surface area contributed by atoms with E-state index in [9.17, 15) is 55.7 Å². The number of rotatable bonds is 4. The molecule has 2 heterocycles. The predicted molar refractivity (Wildman–Crippen MR) is 153 cm³/mol. The van der Waals surface area contributed by atoms with Crippen LogP contribution in [-0.4, -0.2) is 58.1 Å². The van der Waals surface area contributed by atoms with E-state index in [1.165, 1.54) is 24.3 Å². The number of aryl methyl sites for hydroxylation is 1. The predicted octanol–water partition coefficient (Wildman–Crippen LogP) is 6.51. The van der Waals surface area contributed by atoms with Gasteiger partial charge in [-0.3, -0.25) is 24.1 Å². The van der Waals surface area contributed by atoms with Crippen molar-refractivity contribution in [2.45, 2.75) is 24.7 Å². The second kappa shape index (κ2) is 10.2. The Hall–Kier alpha value is -5.66. The number of anilines is 1. The van der Waals surface area contributed by atoms with Crippen LogP contribution in [0.15, 0.2) is 72.8 Å². The van der Waals surface area contributed by atoms with Gasteiger partial charge in [0.15, 0.2) is 0 Å². The molecular formula is C33H20F6N2O6. The molecule has 0 radical (unpaired) electrons. The van der Waals surface area contributed by atoms with E-state index in [0.717, 1.165) is 7.05 Å². The number of phenolic OH excluding ortho intramolecular Hbond substituents is 2. The third-order valence-corrected chi connectivity index (χ3v) is 8.45. The summed E-state index contributed by atoms with van der Waals surface area (Å²) >= 11 is 0. The van der Waals surface area contributed by atoms with Crippen molar-refractivity contribution < 1.29 is 55.7 Å². The molecule has 0 saturated carbocycles. The first-order chi connectivity index (χ1) is 21.9. The van der Waals surface area contributed by atoms with E-state index in [4.69, 9.17) is 0 Å². The highest BCUT2D eigenvalue weighted by molar-refractivity contribution is 6.35. The van der Waals surface area contributed by atoms with Crippen molar-refractivity contribution >= 4 is 29.3 Å². The lowest BCUT2D eigenvalue weighted by molar-refractivity contribution is -0.288. The molecular weight excluding hydrogens is 634 g/mol. The van der Waals surface area contributed by atoms with Gasteiger partial charge >= 0.3 is 12.4 Å². The molecule has 0 fully saturated rings. The van der Waals surface area contributed by atoms with Crippen molar-refractivity contribution in [1.29, 1.82) is 0 Å². The minimum Gasteiger partial charge on any atom is -0.508 e. The zero-order valence-electron chi connectivity index (χ0n) is 24.1. The number of imide groups is 2. The van der Waals surface area contributed by atoms with Gasteiger partial charge in [-0.25, -0.2) is 4.90 Å². The van der Waals surface area contributed by atoms with Gasteiger partial charge in [0.1, 0.15) is 11.5 Å². The fourth-order valence-corrected chi connectivity index (χ4v) is 5.95. The fraction of sp³-hybridized carbons (Fsp3) is 0.152. The van der Waals surface area contributed by atoms with Gasteiger partial charge in [-0.05, 0) is 77.2 Å². The Morgan fingerprint density at radius 3 is 1.51 bits per heavy atom. The van der Waals surface area contributed by atoms with Gasteiger partial charge in [-0.15, -0.1) is 0 Å². The lowest BCUT2D eigenvalue weighted by Crippen LogP contribution is -2.55. The molecule has 4 amide bonds. The van der Waals surface area contributed by atoms with E-state index in [2.05, 4.69) is 0 Å². The van der Waals surface area contributed by atoms with Crippen LogP contribution in [0, 0.1) is 6.92 Å². The molecule has 14 heteroatoms. The quantitative estimate of drug-likeness (QED) is 0.192. The molecule has 8 nitrogen and oxygen atoms in total. The third kappa shape index (κ3) is 4.38. The topological polar surface area (TPSA) is 115 Å². The van der Waals surface area contributed by atoms with Crippen LogP contribution >= 0.6 is 0 Å². The molecule has 4 aromatic carbocycles. The van der Waals surface area contributed by atoms with Crippen molar-refractivity contribution in [3.63, 3.8) is 0 Å². The molecule has 2 aliphatic rings. The molecule has 4 aromatic rings. The largest absolute Gasteiger partial charge is 0.508 e. The summed E-state index contributed by atoms with van der Waals surface area (Å²) in [5.41, 5.74) is -9.03. The molecule has 0 unspecified atom stereocenters. The van der Waals surface area contributed by atoms with Crippen LogP contribution < -0.4 is 4.90 Å². The molecule has 0 bridgehead atoms. The highest BCUT2D eigenvalue weighted by Crippen LogP contribution is 2.57. The molecule has 0 saturated heterocycles. The lowest BCUT2D eigenvalue weighted by atomic mass is 9.71. The molecule has 0 aromatic heterocycles. The zero-order chi connectivity index (χ0) is 34.4. The molecule has 2 aliphatic heterocycles. The van der Waals surface area contributed by atoms with Crippen LogP contribution in [0.25, 0.3) is 11.1 Å². The summed E-state index contributed by atoms with van der Waals surface area (Å²) in [4.78, 5) is 52.5. The molecule has 0 spiro atoms. The third-order valence-electron chi connectivity index (χ3n) is 8.45. The van der Waals surface area contributed by atoms with E-state index in [0.29, 0.717) is 62.9 Å². The molecule has 2 N–H and O–H groups in total. The SMILES string of the molecule is Cc1ccc(-c2ccc(N3C(=O)c4ccc(C(c5ccc6c(c5)C(=O)N(C)C6=O)(C(F)(F)F)C(F)(F)F)cc4C3=O)c(O)c2)cc1O. The molecule has 0 aliphatic carbocycles. The summed E-state index contributed by atoms with van der Waals surface area (Å²) in [7, 11) is 1.03. The molecule has 47 heavy (non-hydrogen) atoms. The van der Waals surface area contributed by atoms with Gasteiger partial charge in [0.25, 0.3) is 23.6 Å². The Labute approximate surface area is 261 Å². The molecule has 0 atom stereocenters. The number of hydrogen-bond donors (Lipinski definition) is 2. The standard InChI is InChI=1S/C33H20F6N2O6/c1-15-3-4-16(11-25(15)42)17-5-10-24(26(43)12-17)41-29(46)21-9-7-19(14-23(21)30(41)47)31(32(34,35)36,33(37,38)39)18-6-8-20-22(13-18)28(45)40(2)27(20)44/h3-14,42-43H,1-2H3. The maximum Gasteiger partial charge on any atom is 0.411 e. The second-order valence-electron chi connectivity index (χ2n) is 11.1. The van der Waals surface area contributed by atoms with E-state index in [1.54, 1.807) is 19.1 Å². The van der Waals surface area contributed by atoms with Gasteiger partial charge in [-0.2, -0.15) is 26.3 Å². The average molecular weight is 655 g/mol. The van der Waals surface area contributed by atoms with Gasteiger partial charge < -0.3 is 10.2 Å². The highest BCUT2D eigenvalue weighted by atomic mass is 19.4. The van der Waals surface area contributed by atoms with E-state index in [1.807, 2.05) is 0 Å². The number of carbonyl (C=O) groups excluding carboxylic acids is 4. The Morgan fingerprint density at radius 1 is 0.553 bits per heavy atom. The van der Waals surface area contributed by atoms with Crippen LogP contribution in [0.1, 0.15) is 58.1 Å². The van der Waals surface area contributed by atoms with Crippen LogP contribution in [0.5, 0.6) is 11.5 Å². The number of fused-ring (bicyclic) bond motifs is 2. The van der Waals surface area contributed by atoms with Crippen LogP contribution in [0.3, 0.4) is 0 Å². The lowest BCUT2D eigenvalue weighted by Gasteiger charge is -2.38. The Morgan fingerprint density at radius 2 is 1.00 bits per heavy atom. The molecule has 6 rings (SSSR count). The Kier molecular flexibility index (Phi) is 6.78. The van der Waals surface area contributed by atoms with Crippen LogP contribution in [0.4, 0.5) is 32.0 Å². The van der Waals surface area contributed by atoms with E-state index >= 15 is 0 Å². The minimum absolute atomic E-state index is 0.0386. The van der Waals surface area contributed by atoms with E-state index < -0.39 is 75.0 Å². The number of benzene rings is 4. The minimum atomic E-state index is -6.10. The monoisotopic (exact) mass is 654 g/mol. The van der Waals surface area contributed by atoms with Gasteiger partial charge in [0, 0.05) is 7.05 Å². The summed E-state index contributed by atoms with van der Waals surface area (Å²) in [5.74, 6) is -5.06. The normalized spacial score (nSPS) is 15.1. The second-order valence-corrected chi connectivity index (χ2v) is 11.1. The van der Waals surface area contributed by atoms with Crippen molar-refractivity contribution in [2.24, 2.45) is 0 Å². The van der Waals surface area contributed by atoms with Crippen molar-refractivity contribution in [2.75, 3.05) is 11.9 Å². The maximum atomic E-state index is 14.9. The summed E-state index contributed by atoms with van der Waals surface area (Å²) in [6.45, 7) is 1.66. The Balaban J connectivity index is 1.47. The van der Waals surface area contributed by atoms with Crippen LogP contribution in [0.2, 0.25) is 0 Å². The summed E-state index contributed by atoms with van der Waals surface area (Å²) in [5, 5.41) is 20.8. The van der Waals surface area contributed by atoms with Gasteiger partial charge in [0.2, 0.25) is 5.41 Å². The zero-order valence-corrected chi connectivity index (χ0v) is 24.1. The summed E-state index contributed by atoms with van der Waals surface area (Å²) < 4.78 is 89.4. The number of aromatic hydroxyl groups is 2. The number of hydrogen-bond acceptors (Lipinski definition) is 6. The van der Waals surface area contributed by atoms with E-state index in [-0.39, 0.29) is 17.0 Å². The number of carbonyl (C=O) groups is 4. The number of halogens is 6. The number of nitrogens with zero attached hydrogens (tertiary/aromatic N) is 2. The first kappa shape index (κ1) is 31.3. The van der Waals surface area contributed by atoms with Crippen LogP contribution in [-0.2, 0) is 5.41 Å². The van der Waals surface area contributed by atoms with Crippen molar-refractivity contribution in [3.8, 4) is 22.6 Å². The van der Waals surface area contributed by atoms with Gasteiger partial charge in [0.05, 0.1) is 27.9 Å². The number of amides is 4. The first-order valence-corrected chi connectivity index (χ1v) is 13.7. The van der Waals surface area contributed by atoms with Crippen molar-refractivity contribution in [1.82, 2.24) is 4.90 Å². The first-order valence-electron chi connectivity index (χ1n) is 13.7. The fourth-order valence-electron chi connectivity index (χ4n) is 5.95. The van der Waals surface area contributed by atoms with Crippen molar-refractivity contribution in [3.05, 3.63) is 112 Å². The maximum absolute atomic E-state index is 14.9. The smallest absolute Gasteiger partial charge is 0.411 e. The summed E-state index contributed by atoms with van der Waals surface area (Å²) in [6, 6.07) is 11.3. The highest BCUT2D eigenvalue weighted by Gasteiger charge is 2.73. The molecule has 240 valence electrons. The number of phenols is 2. The van der Waals surface area contributed by atoms with Gasteiger partial charge in [-0.1, -0.05) is 30.3 Å². The Bertz CT molecular complexity index is 2060.